The Kier molecular flexibility index (Phi) is 5.56. The summed E-state index contributed by atoms with van der Waals surface area (Å²) in [7, 11) is 0. The Hall–Kier alpha value is -3.25. The number of rotatable bonds is 5. The summed E-state index contributed by atoms with van der Waals surface area (Å²) in [4.78, 5) is 27.5. The number of carbonyl (C=O) groups excluding carboxylic acids is 2. The van der Waals surface area contributed by atoms with Crippen LogP contribution in [0.15, 0.2) is 67.0 Å². The number of amides is 2. The molecule has 0 bridgehead atoms. The largest absolute Gasteiger partial charge is 0.388 e. The first-order valence-corrected chi connectivity index (χ1v) is 8.30. The Morgan fingerprint density at radius 3 is 2.62 bits per heavy atom. The molecule has 6 heteroatoms. The molecule has 0 unspecified atom stereocenters. The van der Waals surface area contributed by atoms with E-state index in [1.807, 2.05) is 42.5 Å². The van der Waals surface area contributed by atoms with Crippen molar-refractivity contribution >= 4 is 28.3 Å². The van der Waals surface area contributed by atoms with Crippen LogP contribution in [0.3, 0.4) is 0 Å². The van der Waals surface area contributed by atoms with E-state index in [0.717, 1.165) is 16.3 Å². The second-order valence-corrected chi connectivity index (χ2v) is 5.82. The number of hydrogen-bond donors (Lipinski definition) is 3. The second-order valence-electron chi connectivity index (χ2n) is 5.82. The monoisotopic (exact) mass is 349 g/mol. The van der Waals surface area contributed by atoms with Crippen LogP contribution < -0.4 is 10.6 Å². The lowest BCUT2D eigenvalue weighted by molar-refractivity contribution is -0.136. The number of carbonyl (C=O) groups is 2. The molecule has 0 aliphatic heterocycles. The molecule has 0 aliphatic rings. The summed E-state index contributed by atoms with van der Waals surface area (Å²) < 4.78 is 0. The van der Waals surface area contributed by atoms with Gasteiger partial charge in [0.15, 0.2) is 0 Å². The van der Waals surface area contributed by atoms with Crippen LogP contribution in [0.4, 0.5) is 5.69 Å². The number of fused-ring (bicyclic) bond motifs is 1. The van der Waals surface area contributed by atoms with Crippen molar-refractivity contribution in [1.82, 2.24) is 10.3 Å². The van der Waals surface area contributed by atoms with Crippen LogP contribution in [0, 0.1) is 0 Å². The number of hydrogen-bond acceptors (Lipinski definition) is 4. The van der Waals surface area contributed by atoms with Gasteiger partial charge in [-0.05, 0) is 34.9 Å². The van der Waals surface area contributed by atoms with Crippen LogP contribution in [0.5, 0.6) is 0 Å². The van der Waals surface area contributed by atoms with Gasteiger partial charge in [0.25, 0.3) is 0 Å². The molecule has 1 heterocycles. The minimum absolute atomic E-state index is 0.184. The number of anilines is 1. The lowest BCUT2D eigenvalue weighted by Crippen LogP contribution is -2.36. The molecule has 1 atom stereocenters. The van der Waals surface area contributed by atoms with Crippen molar-refractivity contribution < 1.29 is 14.7 Å². The van der Waals surface area contributed by atoms with Gasteiger partial charge in [-0.3, -0.25) is 14.6 Å². The van der Waals surface area contributed by atoms with Gasteiger partial charge in [0, 0.05) is 12.7 Å². The third-order valence-electron chi connectivity index (χ3n) is 4.01. The van der Waals surface area contributed by atoms with E-state index in [1.165, 1.54) is 6.20 Å². The Morgan fingerprint density at radius 1 is 1.00 bits per heavy atom. The van der Waals surface area contributed by atoms with Crippen LogP contribution in [0.2, 0.25) is 0 Å². The number of nitrogens with one attached hydrogen (secondary N) is 2. The molecule has 0 radical (unpaired) electrons. The van der Waals surface area contributed by atoms with E-state index in [1.54, 1.807) is 18.3 Å². The van der Waals surface area contributed by atoms with E-state index in [2.05, 4.69) is 15.6 Å². The fraction of sp³-hybridized carbons (Fsp3) is 0.150. The van der Waals surface area contributed by atoms with Crippen molar-refractivity contribution in [3.05, 3.63) is 72.6 Å². The van der Waals surface area contributed by atoms with Crippen LogP contribution in [-0.4, -0.2) is 28.4 Å². The third kappa shape index (κ3) is 4.23. The first-order valence-electron chi connectivity index (χ1n) is 8.30. The summed E-state index contributed by atoms with van der Waals surface area (Å²) in [5, 5.41) is 17.4. The average molecular weight is 349 g/mol. The quantitative estimate of drug-likeness (QED) is 0.617. The number of aromatic nitrogens is 1. The van der Waals surface area contributed by atoms with Crippen molar-refractivity contribution in [2.45, 2.75) is 12.5 Å². The van der Waals surface area contributed by atoms with Gasteiger partial charge in [-0.15, -0.1) is 0 Å². The van der Waals surface area contributed by atoms with Crippen molar-refractivity contribution in [3.63, 3.8) is 0 Å². The molecule has 3 N–H and O–H groups in total. The SMILES string of the molecule is O=C(NCC[C@H](O)c1cccc2ccccc12)C(=O)Nc1cccnc1. The number of pyridine rings is 1. The van der Waals surface area contributed by atoms with Gasteiger partial charge < -0.3 is 15.7 Å². The molecule has 132 valence electrons. The van der Waals surface area contributed by atoms with Gasteiger partial charge in [0.2, 0.25) is 0 Å². The lowest BCUT2D eigenvalue weighted by atomic mass is 9.99. The summed E-state index contributed by atoms with van der Waals surface area (Å²) in [5.74, 6) is -1.52. The van der Waals surface area contributed by atoms with Crippen molar-refractivity contribution in [2.24, 2.45) is 0 Å². The highest BCUT2D eigenvalue weighted by Gasteiger charge is 2.15. The first-order chi connectivity index (χ1) is 12.6. The Labute approximate surface area is 150 Å². The highest BCUT2D eigenvalue weighted by molar-refractivity contribution is 6.39. The molecule has 6 nitrogen and oxygen atoms in total. The van der Waals surface area contributed by atoms with Crippen LogP contribution in [-0.2, 0) is 9.59 Å². The van der Waals surface area contributed by atoms with Gasteiger partial charge in [-0.1, -0.05) is 42.5 Å². The molecule has 2 aromatic carbocycles. The van der Waals surface area contributed by atoms with Crippen LogP contribution in [0.25, 0.3) is 10.8 Å². The molecule has 2 amide bonds. The van der Waals surface area contributed by atoms with Crippen molar-refractivity contribution in [2.75, 3.05) is 11.9 Å². The number of benzene rings is 2. The highest BCUT2D eigenvalue weighted by Crippen LogP contribution is 2.25. The Balaban J connectivity index is 1.54. The molecule has 0 fully saturated rings. The predicted octanol–water partition coefficient (Wildman–Crippen LogP) is 2.41. The Bertz CT molecular complexity index is 907. The summed E-state index contributed by atoms with van der Waals surface area (Å²) in [6.07, 6.45) is 2.60. The van der Waals surface area contributed by atoms with Crippen molar-refractivity contribution in [1.29, 1.82) is 0 Å². The van der Waals surface area contributed by atoms with Crippen molar-refractivity contribution in [3.8, 4) is 0 Å². The van der Waals surface area contributed by atoms with E-state index < -0.39 is 17.9 Å². The van der Waals surface area contributed by atoms with Gasteiger partial charge in [-0.25, -0.2) is 0 Å². The fourth-order valence-electron chi connectivity index (χ4n) is 2.72. The minimum Gasteiger partial charge on any atom is -0.388 e. The first kappa shape index (κ1) is 17.6. The predicted molar refractivity (Wildman–Crippen MR) is 99.4 cm³/mol. The maximum Gasteiger partial charge on any atom is 0.313 e. The van der Waals surface area contributed by atoms with Crippen LogP contribution >= 0.6 is 0 Å². The molecule has 3 rings (SSSR count). The molecule has 0 saturated heterocycles. The molecular weight excluding hydrogens is 330 g/mol. The minimum atomic E-state index is -0.766. The van der Waals surface area contributed by atoms with Gasteiger partial charge in [0.1, 0.15) is 0 Å². The molecule has 0 spiro atoms. The second kappa shape index (κ2) is 8.22. The average Bonchev–Trinajstić information content (AvgIpc) is 2.68. The molecular formula is C20H19N3O3. The Morgan fingerprint density at radius 2 is 1.81 bits per heavy atom. The molecule has 0 aliphatic carbocycles. The van der Waals surface area contributed by atoms with E-state index >= 15 is 0 Å². The van der Waals surface area contributed by atoms with E-state index in [9.17, 15) is 14.7 Å². The van der Waals surface area contributed by atoms with Crippen LogP contribution in [0.1, 0.15) is 18.1 Å². The smallest absolute Gasteiger partial charge is 0.313 e. The fourth-order valence-corrected chi connectivity index (χ4v) is 2.72. The normalized spacial score (nSPS) is 11.7. The van der Waals surface area contributed by atoms with Gasteiger partial charge >= 0.3 is 11.8 Å². The number of aliphatic hydroxyl groups excluding tert-OH is 1. The summed E-state index contributed by atoms with van der Waals surface area (Å²) in [5.41, 5.74) is 1.25. The summed E-state index contributed by atoms with van der Waals surface area (Å²) in [6, 6.07) is 16.8. The lowest BCUT2D eigenvalue weighted by Gasteiger charge is -2.14. The highest BCUT2D eigenvalue weighted by atomic mass is 16.3. The van der Waals surface area contributed by atoms with E-state index in [0.29, 0.717) is 12.1 Å². The maximum atomic E-state index is 11.9. The summed E-state index contributed by atoms with van der Waals surface area (Å²) >= 11 is 0. The van der Waals surface area contributed by atoms with E-state index in [4.69, 9.17) is 0 Å². The standard InChI is InChI=1S/C20H19N3O3/c24-18(17-9-3-6-14-5-1-2-8-16(14)17)10-12-22-19(25)20(26)23-15-7-4-11-21-13-15/h1-9,11,13,18,24H,10,12H2,(H,22,25)(H,23,26)/t18-/m0/s1. The zero-order valence-corrected chi connectivity index (χ0v) is 14.1. The number of nitrogens with zero attached hydrogens (tertiary/aromatic N) is 1. The topological polar surface area (TPSA) is 91.3 Å². The maximum absolute atomic E-state index is 11.9. The molecule has 26 heavy (non-hydrogen) atoms. The zero-order chi connectivity index (χ0) is 18.4. The number of aliphatic hydroxyl groups is 1. The van der Waals surface area contributed by atoms with Gasteiger partial charge in [0.05, 0.1) is 18.0 Å². The zero-order valence-electron chi connectivity index (χ0n) is 14.1. The molecule has 0 saturated carbocycles. The van der Waals surface area contributed by atoms with Gasteiger partial charge in [-0.2, -0.15) is 0 Å². The van der Waals surface area contributed by atoms with E-state index in [-0.39, 0.29) is 6.54 Å². The summed E-state index contributed by atoms with van der Waals surface area (Å²) in [6.45, 7) is 0.184. The molecule has 1 aromatic heterocycles. The third-order valence-corrected chi connectivity index (χ3v) is 4.01. The molecule has 3 aromatic rings.